The van der Waals surface area contributed by atoms with E-state index in [0.717, 1.165) is 24.3 Å². The van der Waals surface area contributed by atoms with Crippen LogP contribution in [0, 0.1) is 0 Å². The van der Waals surface area contributed by atoms with E-state index in [1.54, 1.807) is 0 Å². The molecule has 8 heteroatoms. The molecule has 1 aromatic carbocycles. The molecule has 0 fully saturated rings. The summed E-state index contributed by atoms with van der Waals surface area (Å²) >= 11 is 5.28. The summed E-state index contributed by atoms with van der Waals surface area (Å²) in [5.41, 5.74) is 0. The van der Waals surface area contributed by atoms with Gasteiger partial charge in [0.05, 0.1) is 5.88 Å². The maximum atomic E-state index is 11.9. The Morgan fingerprint density at radius 3 is 2.22 bits per heavy atom. The van der Waals surface area contributed by atoms with Crippen LogP contribution in [0.1, 0.15) is 0 Å². The first-order valence-electron chi connectivity index (χ1n) is 4.67. The Bertz CT molecular complexity index is 391. The summed E-state index contributed by atoms with van der Waals surface area (Å²) in [6, 6.07) is 4.31. The second-order valence-corrected chi connectivity index (χ2v) is 3.29. The fraction of sp³-hybridized carbons (Fsp3) is 0.300. The molecule has 0 aliphatic carbocycles. The zero-order valence-electron chi connectivity index (χ0n) is 8.87. The maximum Gasteiger partial charge on any atom is 0.573 e. The molecule has 0 N–H and O–H groups in total. The van der Waals surface area contributed by atoms with E-state index in [4.69, 9.17) is 11.6 Å². The summed E-state index contributed by atoms with van der Waals surface area (Å²) in [5, 5.41) is 0. The molecule has 0 radical (unpaired) electrons. The molecule has 0 aromatic heterocycles. The average molecular weight is 285 g/mol. The topological polar surface area (TPSA) is 44.8 Å². The molecule has 1 rings (SSSR count). The summed E-state index contributed by atoms with van der Waals surface area (Å²) in [7, 11) is 0. The highest BCUT2D eigenvalue weighted by Gasteiger charge is 2.30. The molecule has 0 atom stereocenters. The summed E-state index contributed by atoms with van der Waals surface area (Å²) in [6.45, 7) is -0.0182. The third-order valence-corrected chi connectivity index (χ3v) is 1.71. The second kappa shape index (κ2) is 6.34. The van der Waals surface area contributed by atoms with Crippen molar-refractivity contribution in [3.8, 4) is 11.5 Å². The highest BCUT2D eigenvalue weighted by Crippen LogP contribution is 2.24. The van der Waals surface area contributed by atoms with Gasteiger partial charge in [0.25, 0.3) is 0 Å². The quantitative estimate of drug-likeness (QED) is 0.483. The van der Waals surface area contributed by atoms with E-state index >= 15 is 0 Å². The first-order chi connectivity index (χ1) is 8.40. The lowest BCUT2D eigenvalue weighted by Crippen LogP contribution is -2.17. The van der Waals surface area contributed by atoms with Gasteiger partial charge in [-0.05, 0) is 24.3 Å². The molecule has 4 nitrogen and oxygen atoms in total. The maximum absolute atomic E-state index is 11.9. The van der Waals surface area contributed by atoms with E-state index in [0.29, 0.717) is 0 Å². The van der Waals surface area contributed by atoms with Crippen LogP contribution in [0.25, 0.3) is 0 Å². The van der Waals surface area contributed by atoms with E-state index in [2.05, 4.69) is 14.2 Å². The smallest absolute Gasteiger partial charge is 0.433 e. The van der Waals surface area contributed by atoms with Crippen LogP contribution in [0.4, 0.5) is 18.0 Å². The van der Waals surface area contributed by atoms with E-state index in [-0.39, 0.29) is 18.2 Å². The Balaban J connectivity index is 2.52. The molecule has 0 unspecified atom stereocenters. The zero-order chi connectivity index (χ0) is 13.6. The minimum atomic E-state index is -4.76. The number of rotatable bonds is 4. The number of benzene rings is 1. The molecule has 0 bridgehead atoms. The van der Waals surface area contributed by atoms with Crippen molar-refractivity contribution in [1.29, 1.82) is 0 Å². The molecule has 0 aliphatic rings. The number of alkyl halides is 4. The van der Waals surface area contributed by atoms with E-state index in [1.807, 2.05) is 0 Å². The van der Waals surface area contributed by atoms with Crippen LogP contribution >= 0.6 is 11.6 Å². The Morgan fingerprint density at radius 1 is 1.17 bits per heavy atom. The number of hydrogen-bond donors (Lipinski definition) is 0. The van der Waals surface area contributed by atoms with Crippen molar-refractivity contribution in [2.75, 3.05) is 12.5 Å². The van der Waals surface area contributed by atoms with Crippen LogP contribution in [-0.2, 0) is 4.74 Å². The minimum absolute atomic E-state index is 0.0182. The van der Waals surface area contributed by atoms with Crippen molar-refractivity contribution in [2.45, 2.75) is 6.36 Å². The molecule has 0 aliphatic heterocycles. The van der Waals surface area contributed by atoms with Gasteiger partial charge in [-0.1, -0.05) is 0 Å². The zero-order valence-corrected chi connectivity index (χ0v) is 9.62. The van der Waals surface area contributed by atoms with Crippen molar-refractivity contribution in [2.24, 2.45) is 0 Å². The number of carbonyl (C=O) groups is 1. The van der Waals surface area contributed by atoms with Crippen LogP contribution in [0.5, 0.6) is 11.5 Å². The molecule has 0 amide bonds. The summed E-state index contributed by atoms with van der Waals surface area (Å²) in [6.07, 6.45) is -5.75. The first kappa shape index (κ1) is 14.4. The Kier molecular flexibility index (Phi) is 5.08. The van der Waals surface area contributed by atoms with Gasteiger partial charge in [0.2, 0.25) is 0 Å². The van der Waals surface area contributed by atoms with Crippen molar-refractivity contribution >= 4 is 17.8 Å². The van der Waals surface area contributed by atoms with Crippen LogP contribution in [0.2, 0.25) is 0 Å². The highest BCUT2D eigenvalue weighted by molar-refractivity contribution is 6.18. The van der Waals surface area contributed by atoms with Gasteiger partial charge in [0.1, 0.15) is 18.1 Å². The molecule has 0 saturated heterocycles. The summed E-state index contributed by atoms with van der Waals surface area (Å²) in [4.78, 5) is 11.0. The molecular formula is C10H8ClF3O4. The van der Waals surface area contributed by atoms with Crippen LogP contribution in [0.15, 0.2) is 24.3 Å². The van der Waals surface area contributed by atoms with Crippen LogP contribution < -0.4 is 9.47 Å². The van der Waals surface area contributed by atoms with Crippen molar-refractivity contribution < 1.29 is 32.2 Å². The predicted octanol–water partition coefficient (Wildman–Crippen LogP) is 3.34. The molecule has 0 spiro atoms. The van der Waals surface area contributed by atoms with Crippen molar-refractivity contribution in [3.05, 3.63) is 24.3 Å². The molecule has 100 valence electrons. The molecule has 0 heterocycles. The standard InChI is InChI=1S/C10H8ClF3O4/c11-5-6-16-9(15)17-7-1-3-8(4-2-7)18-10(12,13)14/h1-4H,5-6H2. The average Bonchev–Trinajstić information content (AvgIpc) is 2.27. The lowest BCUT2D eigenvalue weighted by Gasteiger charge is -2.09. The summed E-state index contributed by atoms with van der Waals surface area (Å²) < 4.78 is 48.3. The fourth-order valence-electron chi connectivity index (χ4n) is 0.957. The number of halogens is 4. The first-order valence-corrected chi connectivity index (χ1v) is 5.20. The molecule has 0 saturated carbocycles. The van der Waals surface area contributed by atoms with Crippen LogP contribution in [-0.4, -0.2) is 25.0 Å². The van der Waals surface area contributed by atoms with Gasteiger partial charge in [0, 0.05) is 0 Å². The molecule has 1 aromatic rings. The van der Waals surface area contributed by atoms with Gasteiger partial charge in [0.15, 0.2) is 0 Å². The highest BCUT2D eigenvalue weighted by atomic mass is 35.5. The van der Waals surface area contributed by atoms with Gasteiger partial charge in [-0.2, -0.15) is 0 Å². The Labute approximate surface area is 105 Å². The second-order valence-electron chi connectivity index (χ2n) is 2.91. The third kappa shape index (κ3) is 5.62. The van der Waals surface area contributed by atoms with Crippen LogP contribution in [0.3, 0.4) is 0 Å². The fourth-order valence-corrected chi connectivity index (χ4v) is 1.03. The van der Waals surface area contributed by atoms with E-state index < -0.39 is 18.3 Å². The largest absolute Gasteiger partial charge is 0.573 e. The van der Waals surface area contributed by atoms with Gasteiger partial charge in [-0.25, -0.2) is 4.79 Å². The van der Waals surface area contributed by atoms with Gasteiger partial charge in [-0.15, -0.1) is 24.8 Å². The molecular weight excluding hydrogens is 277 g/mol. The normalized spacial score (nSPS) is 10.9. The lowest BCUT2D eigenvalue weighted by atomic mass is 10.3. The number of carbonyl (C=O) groups excluding carboxylic acids is 1. The Hall–Kier alpha value is -1.63. The SMILES string of the molecule is O=C(OCCCl)Oc1ccc(OC(F)(F)F)cc1. The lowest BCUT2D eigenvalue weighted by molar-refractivity contribution is -0.274. The van der Waals surface area contributed by atoms with Crippen molar-refractivity contribution in [1.82, 2.24) is 0 Å². The van der Waals surface area contributed by atoms with E-state index in [1.165, 1.54) is 0 Å². The monoisotopic (exact) mass is 284 g/mol. The summed E-state index contributed by atoms with van der Waals surface area (Å²) in [5.74, 6) is -0.263. The number of ether oxygens (including phenoxy) is 3. The van der Waals surface area contributed by atoms with E-state index in [9.17, 15) is 18.0 Å². The molecule has 18 heavy (non-hydrogen) atoms. The van der Waals surface area contributed by atoms with Gasteiger partial charge in [-0.3, -0.25) is 0 Å². The predicted molar refractivity (Wildman–Crippen MR) is 55.8 cm³/mol. The minimum Gasteiger partial charge on any atom is -0.433 e. The van der Waals surface area contributed by atoms with Gasteiger partial charge < -0.3 is 14.2 Å². The Morgan fingerprint density at radius 2 is 1.72 bits per heavy atom. The third-order valence-electron chi connectivity index (χ3n) is 1.56. The van der Waals surface area contributed by atoms with Gasteiger partial charge >= 0.3 is 12.5 Å². The van der Waals surface area contributed by atoms with Crippen molar-refractivity contribution in [3.63, 3.8) is 0 Å². The number of hydrogen-bond acceptors (Lipinski definition) is 4.